The van der Waals surface area contributed by atoms with Gasteiger partial charge >= 0.3 is 6.09 Å². The second kappa shape index (κ2) is 9.02. The summed E-state index contributed by atoms with van der Waals surface area (Å²) in [6.45, 7) is 5.26. The van der Waals surface area contributed by atoms with Gasteiger partial charge in [-0.05, 0) is 81.2 Å². The van der Waals surface area contributed by atoms with Crippen LogP contribution in [0.3, 0.4) is 0 Å². The molecule has 2 fully saturated rings. The predicted molar refractivity (Wildman–Crippen MR) is 140 cm³/mol. The Balaban J connectivity index is 1.21. The van der Waals surface area contributed by atoms with Gasteiger partial charge in [-0.25, -0.2) is 19.2 Å². The number of nitrogens with one attached hydrogen (secondary N) is 2. The summed E-state index contributed by atoms with van der Waals surface area (Å²) in [5.41, 5.74) is 8.99. The van der Waals surface area contributed by atoms with Crippen molar-refractivity contribution >= 4 is 34.1 Å². The molecule has 0 atom stereocenters. The molecule has 0 bridgehead atoms. The van der Waals surface area contributed by atoms with E-state index in [1.807, 2.05) is 6.92 Å². The number of nitrogens with two attached hydrogens (primary N) is 1. The molecule has 1 saturated carbocycles. The van der Waals surface area contributed by atoms with Gasteiger partial charge < -0.3 is 25.4 Å². The van der Waals surface area contributed by atoms with Crippen molar-refractivity contribution in [1.29, 1.82) is 0 Å². The summed E-state index contributed by atoms with van der Waals surface area (Å²) in [5, 5.41) is 7.11. The number of carbonyl (C=O) groups excluding carboxylic acids is 1. The van der Waals surface area contributed by atoms with Crippen molar-refractivity contribution in [3.8, 4) is 17.0 Å². The van der Waals surface area contributed by atoms with Crippen LogP contribution >= 0.6 is 0 Å². The molecule has 4 heterocycles. The Kier molecular flexibility index (Phi) is 5.78. The summed E-state index contributed by atoms with van der Waals surface area (Å²) in [4.78, 5) is 23.5. The number of halogens is 1. The van der Waals surface area contributed by atoms with Crippen LogP contribution < -0.4 is 21.1 Å². The fourth-order valence-electron chi connectivity index (χ4n) is 5.83. The van der Waals surface area contributed by atoms with Crippen molar-refractivity contribution in [2.24, 2.45) is 5.41 Å². The predicted octanol–water partition coefficient (Wildman–Crippen LogP) is 4.55. The SMILES string of the molecule is Cc1c(-c2cc3cc(NC(=O)OC4CC5(CCN(C)CC5)C4)ncc3c(N)c2F)cnc2c1NCCO2. The summed E-state index contributed by atoms with van der Waals surface area (Å²) in [6.07, 6.45) is 6.59. The van der Waals surface area contributed by atoms with Crippen LogP contribution in [0.5, 0.6) is 5.88 Å². The molecule has 10 heteroatoms. The third kappa shape index (κ3) is 4.29. The molecule has 2 aromatic heterocycles. The smallest absolute Gasteiger partial charge is 0.413 e. The first-order valence-electron chi connectivity index (χ1n) is 12.7. The van der Waals surface area contributed by atoms with Crippen molar-refractivity contribution in [3.63, 3.8) is 0 Å². The molecule has 1 spiro atoms. The zero-order chi connectivity index (χ0) is 25.7. The molecule has 194 valence electrons. The maximum Gasteiger partial charge on any atom is 0.413 e. The molecule has 0 radical (unpaired) electrons. The lowest BCUT2D eigenvalue weighted by Gasteiger charge is -2.50. The zero-order valence-corrected chi connectivity index (χ0v) is 21.1. The third-order valence-corrected chi connectivity index (χ3v) is 8.11. The molecule has 6 rings (SSSR count). The van der Waals surface area contributed by atoms with E-state index in [9.17, 15) is 4.79 Å². The molecule has 1 aromatic carbocycles. The van der Waals surface area contributed by atoms with Crippen LogP contribution in [-0.4, -0.2) is 60.4 Å². The molecule has 37 heavy (non-hydrogen) atoms. The zero-order valence-electron chi connectivity index (χ0n) is 21.1. The highest BCUT2D eigenvalue weighted by Gasteiger charge is 2.47. The highest BCUT2D eigenvalue weighted by molar-refractivity contribution is 5.99. The number of fused-ring (bicyclic) bond motifs is 2. The second-order valence-corrected chi connectivity index (χ2v) is 10.6. The number of carbonyl (C=O) groups is 1. The number of nitrogens with zero attached hydrogens (tertiary/aromatic N) is 3. The number of anilines is 3. The van der Waals surface area contributed by atoms with Gasteiger partial charge in [-0.2, -0.15) is 0 Å². The number of ether oxygens (including phenoxy) is 2. The van der Waals surface area contributed by atoms with E-state index in [4.69, 9.17) is 15.2 Å². The van der Waals surface area contributed by atoms with Gasteiger partial charge in [0.1, 0.15) is 24.2 Å². The Morgan fingerprint density at radius 3 is 2.81 bits per heavy atom. The number of likely N-dealkylation sites (tertiary alicyclic amines) is 1. The number of amides is 1. The molecule has 3 aliphatic rings. The average Bonchev–Trinajstić information content (AvgIpc) is 2.87. The highest BCUT2D eigenvalue weighted by Crippen LogP contribution is 2.50. The van der Waals surface area contributed by atoms with E-state index in [2.05, 4.69) is 32.5 Å². The third-order valence-electron chi connectivity index (χ3n) is 8.11. The van der Waals surface area contributed by atoms with Crippen molar-refractivity contribution in [2.75, 3.05) is 49.7 Å². The monoisotopic (exact) mass is 506 g/mol. The summed E-state index contributed by atoms with van der Waals surface area (Å²) in [6, 6.07) is 3.38. The van der Waals surface area contributed by atoms with Crippen LogP contribution in [0, 0.1) is 18.2 Å². The number of aromatic nitrogens is 2. The van der Waals surface area contributed by atoms with Crippen molar-refractivity contribution in [3.05, 3.63) is 35.9 Å². The first-order chi connectivity index (χ1) is 17.8. The van der Waals surface area contributed by atoms with Gasteiger partial charge in [-0.15, -0.1) is 0 Å². The number of pyridine rings is 2. The fraction of sp³-hybridized carbons (Fsp3) is 0.444. The van der Waals surface area contributed by atoms with Crippen LogP contribution in [0.1, 0.15) is 31.2 Å². The van der Waals surface area contributed by atoms with Gasteiger partial charge in [0.05, 0.1) is 5.69 Å². The van der Waals surface area contributed by atoms with Crippen molar-refractivity contribution in [2.45, 2.75) is 38.7 Å². The number of piperidine rings is 1. The molecule has 0 unspecified atom stereocenters. The fourth-order valence-corrected chi connectivity index (χ4v) is 5.83. The van der Waals surface area contributed by atoms with Crippen LogP contribution in [0.15, 0.2) is 24.5 Å². The van der Waals surface area contributed by atoms with E-state index in [-0.39, 0.29) is 11.8 Å². The lowest BCUT2D eigenvalue weighted by Crippen LogP contribution is -2.49. The lowest BCUT2D eigenvalue weighted by molar-refractivity contribution is -0.0676. The lowest BCUT2D eigenvalue weighted by atomic mass is 9.61. The normalized spacial score (nSPS) is 19.0. The first-order valence-corrected chi connectivity index (χ1v) is 12.7. The maximum atomic E-state index is 15.4. The van der Waals surface area contributed by atoms with E-state index in [1.54, 1.807) is 18.3 Å². The van der Waals surface area contributed by atoms with Crippen LogP contribution in [0.2, 0.25) is 0 Å². The largest absolute Gasteiger partial charge is 0.474 e. The molecule has 2 aliphatic heterocycles. The van der Waals surface area contributed by atoms with Crippen LogP contribution in [0.25, 0.3) is 21.9 Å². The Bertz CT molecular complexity index is 1380. The average molecular weight is 507 g/mol. The van der Waals surface area contributed by atoms with Crippen LogP contribution in [-0.2, 0) is 4.74 Å². The van der Waals surface area contributed by atoms with Gasteiger partial charge in [-0.1, -0.05) is 0 Å². The molecule has 1 aliphatic carbocycles. The second-order valence-electron chi connectivity index (χ2n) is 10.6. The molecular formula is C27H31FN6O3. The van der Waals surface area contributed by atoms with Gasteiger partial charge in [0.2, 0.25) is 5.88 Å². The quantitative estimate of drug-likeness (QED) is 0.443. The topological polar surface area (TPSA) is 115 Å². The summed E-state index contributed by atoms with van der Waals surface area (Å²) >= 11 is 0. The minimum Gasteiger partial charge on any atom is -0.474 e. The Labute approximate surface area is 214 Å². The minimum atomic E-state index is -0.538. The van der Waals surface area contributed by atoms with Gasteiger partial charge in [-0.3, -0.25) is 5.32 Å². The number of benzene rings is 1. The van der Waals surface area contributed by atoms with E-state index in [1.165, 1.54) is 6.20 Å². The molecule has 1 amide bonds. The molecule has 9 nitrogen and oxygen atoms in total. The van der Waals surface area contributed by atoms with Gasteiger partial charge in [0.25, 0.3) is 0 Å². The summed E-state index contributed by atoms with van der Waals surface area (Å²) in [7, 11) is 2.14. The highest BCUT2D eigenvalue weighted by atomic mass is 19.1. The Morgan fingerprint density at radius 2 is 2.03 bits per heavy atom. The Hall–Kier alpha value is -3.66. The molecule has 1 saturated heterocycles. The number of hydrogen-bond donors (Lipinski definition) is 3. The first kappa shape index (κ1) is 23.7. The van der Waals surface area contributed by atoms with Crippen LogP contribution in [0.4, 0.5) is 26.4 Å². The summed E-state index contributed by atoms with van der Waals surface area (Å²) < 4.78 is 26.6. The van der Waals surface area contributed by atoms with E-state index < -0.39 is 11.9 Å². The standard InChI is InChI=1S/C27H31FN6O3/c1-15-19(13-32-25-24(15)30-5-8-36-25)18-9-16-10-21(31-14-20(16)23(29)22(18)28)33-26(35)37-17-11-27(12-17)3-6-34(2)7-4-27/h9-10,13-14,17,30H,3-8,11-12,29H2,1-2H3,(H,31,33,35). The van der Waals surface area contributed by atoms with Gasteiger partial charge in [0.15, 0.2) is 5.82 Å². The number of hydrogen-bond acceptors (Lipinski definition) is 8. The number of nitrogen functional groups attached to an aromatic ring is 1. The molecule has 3 aromatic rings. The number of rotatable bonds is 3. The Morgan fingerprint density at radius 1 is 1.24 bits per heavy atom. The van der Waals surface area contributed by atoms with Gasteiger partial charge in [0, 0.05) is 35.5 Å². The van der Waals surface area contributed by atoms with Crippen molar-refractivity contribution in [1.82, 2.24) is 14.9 Å². The minimum absolute atomic E-state index is 0.00616. The maximum absolute atomic E-state index is 15.4. The van der Waals surface area contributed by atoms with E-state index in [0.717, 1.165) is 50.0 Å². The van der Waals surface area contributed by atoms with Crippen molar-refractivity contribution < 1.29 is 18.7 Å². The van der Waals surface area contributed by atoms with E-state index >= 15 is 4.39 Å². The molecule has 4 N–H and O–H groups in total. The molecular weight excluding hydrogens is 475 g/mol. The summed E-state index contributed by atoms with van der Waals surface area (Å²) in [5.74, 6) is 0.283. The van der Waals surface area contributed by atoms with E-state index in [0.29, 0.717) is 52.2 Å².